The molecule has 2 aromatic rings. The molecule has 3 rings (SSSR count). The molecule has 1 aliphatic heterocycles. The third kappa shape index (κ3) is 3.13. The summed E-state index contributed by atoms with van der Waals surface area (Å²) in [5, 5.41) is 6.83. The molecule has 22 heavy (non-hydrogen) atoms. The van der Waals surface area contributed by atoms with Gasteiger partial charge in [-0.25, -0.2) is 4.98 Å². The highest BCUT2D eigenvalue weighted by Crippen LogP contribution is 2.30. The lowest BCUT2D eigenvalue weighted by Gasteiger charge is -2.33. The minimum atomic E-state index is -0.0171. The van der Waals surface area contributed by atoms with Gasteiger partial charge in [0.05, 0.1) is 10.0 Å². The number of rotatable bonds is 2. The van der Waals surface area contributed by atoms with E-state index in [4.69, 9.17) is 23.2 Å². The number of nitrogens with zero attached hydrogens (tertiary/aromatic N) is 2. The summed E-state index contributed by atoms with van der Waals surface area (Å²) in [5.74, 6) is -0.0171. The third-order valence-electron chi connectivity index (χ3n) is 3.65. The maximum Gasteiger partial charge on any atom is 0.273 e. The molecule has 1 aromatic heterocycles. The molecule has 116 valence electrons. The van der Waals surface area contributed by atoms with Gasteiger partial charge in [-0.2, -0.15) is 0 Å². The van der Waals surface area contributed by atoms with Crippen LogP contribution >= 0.6 is 34.5 Å². The second-order valence-electron chi connectivity index (χ2n) is 5.22. The van der Waals surface area contributed by atoms with Gasteiger partial charge in [-0.15, -0.1) is 11.3 Å². The summed E-state index contributed by atoms with van der Waals surface area (Å²) in [7, 11) is 0. The molecular weight excluding hydrogens is 341 g/mol. The lowest BCUT2D eigenvalue weighted by Crippen LogP contribution is -2.52. The Kier molecular flexibility index (Phi) is 4.68. The molecule has 1 atom stereocenters. The first-order valence-corrected chi connectivity index (χ1v) is 8.62. The topological polar surface area (TPSA) is 45.2 Å². The van der Waals surface area contributed by atoms with E-state index in [1.165, 1.54) is 11.3 Å². The summed E-state index contributed by atoms with van der Waals surface area (Å²) in [5.41, 5.74) is 1.35. The SMILES string of the molecule is C[C@@H]1CNCCN1C(=O)c1csc(-c2ccc(Cl)c(Cl)c2)n1. The van der Waals surface area contributed by atoms with Crippen molar-refractivity contribution in [3.63, 3.8) is 0 Å². The Morgan fingerprint density at radius 2 is 2.23 bits per heavy atom. The van der Waals surface area contributed by atoms with Crippen molar-refractivity contribution in [2.24, 2.45) is 0 Å². The normalized spacial score (nSPS) is 18.5. The Bertz CT molecular complexity index is 704. The van der Waals surface area contributed by atoms with E-state index in [1.54, 1.807) is 17.5 Å². The van der Waals surface area contributed by atoms with E-state index >= 15 is 0 Å². The highest BCUT2D eigenvalue weighted by atomic mass is 35.5. The number of amides is 1. The van der Waals surface area contributed by atoms with Gasteiger partial charge in [-0.3, -0.25) is 4.79 Å². The van der Waals surface area contributed by atoms with E-state index in [-0.39, 0.29) is 11.9 Å². The van der Waals surface area contributed by atoms with Crippen LogP contribution in [-0.2, 0) is 0 Å². The molecule has 0 aliphatic carbocycles. The fraction of sp³-hybridized carbons (Fsp3) is 0.333. The van der Waals surface area contributed by atoms with Crippen LogP contribution in [0.1, 0.15) is 17.4 Å². The summed E-state index contributed by atoms with van der Waals surface area (Å²) < 4.78 is 0. The number of hydrogen-bond donors (Lipinski definition) is 1. The minimum Gasteiger partial charge on any atom is -0.332 e. The molecule has 0 saturated carbocycles. The van der Waals surface area contributed by atoms with Crippen LogP contribution in [0.2, 0.25) is 10.0 Å². The van der Waals surface area contributed by atoms with Crippen molar-refractivity contribution < 1.29 is 4.79 Å². The van der Waals surface area contributed by atoms with Crippen molar-refractivity contribution in [1.82, 2.24) is 15.2 Å². The highest BCUT2D eigenvalue weighted by molar-refractivity contribution is 7.13. The van der Waals surface area contributed by atoms with Gasteiger partial charge in [0.15, 0.2) is 0 Å². The Morgan fingerprint density at radius 3 is 2.95 bits per heavy atom. The first-order valence-electron chi connectivity index (χ1n) is 6.99. The smallest absolute Gasteiger partial charge is 0.273 e. The van der Waals surface area contributed by atoms with E-state index < -0.39 is 0 Å². The van der Waals surface area contributed by atoms with Crippen molar-refractivity contribution in [2.75, 3.05) is 19.6 Å². The molecule has 0 bridgehead atoms. The van der Waals surface area contributed by atoms with Crippen molar-refractivity contribution in [2.45, 2.75) is 13.0 Å². The molecule has 1 amide bonds. The van der Waals surface area contributed by atoms with Gasteiger partial charge in [0.1, 0.15) is 10.7 Å². The molecular formula is C15H15Cl2N3OS. The van der Waals surface area contributed by atoms with Crippen molar-refractivity contribution >= 4 is 40.4 Å². The molecule has 2 heterocycles. The van der Waals surface area contributed by atoms with Gasteiger partial charge in [0, 0.05) is 36.6 Å². The standard InChI is InChI=1S/C15H15Cl2N3OS/c1-9-7-18-4-5-20(9)15(21)13-8-22-14(19-13)10-2-3-11(16)12(17)6-10/h2-3,6,8-9,18H,4-5,7H2,1H3/t9-/m1/s1. The zero-order valence-electron chi connectivity index (χ0n) is 12.0. The quantitative estimate of drug-likeness (QED) is 0.895. The van der Waals surface area contributed by atoms with Crippen LogP contribution in [0.15, 0.2) is 23.6 Å². The number of carbonyl (C=O) groups excluding carboxylic acids is 1. The van der Waals surface area contributed by atoms with Gasteiger partial charge in [0.2, 0.25) is 0 Å². The first-order chi connectivity index (χ1) is 10.6. The van der Waals surface area contributed by atoms with E-state index in [9.17, 15) is 4.79 Å². The van der Waals surface area contributed by atoms with Crippen LogP contribution in [0, 0.1) is 0 Å². The molecule has 1 aliphatic rings. The number of hydrogen-bond acceptors (Lipinski definition) is 4. The molecule has 0 unspecified atom stereocenters. The number of piperazine rings is 1. The molecule has 1 N–H and O–H groups in total. The fourth-order valence-electron chi connectivity index (χ4n) is 2.42. The first kappa shape index (κ1) is 15.7. The van der Waals surface area contributed by atoms with Gasteiger partial charge in [-0.1, -0.05) is 29.3 Å². The third-order valence-corrected chi connectivity index (χ3v) is 5.28. The van der Waals surface area contributed by atoms with Crippen LogP contribution in [-0.4, -0.2) is 41.5 Å². The zero-order chi connectivity index (χ0) is 15.7. The predicted molar refractivity (Wildman–Crippen MR) is 90.9 cm³/mol. The Labute approximate surface area is 143 Å². The summed E-state index contributed by atoms with van der Waals surface area (Å²) >= 11 is 13.4. The van der Waals surface area contributed by atoms with Crippen LogP contribution in [0.4, 0.5) is 0 Å². The number of nitrogens with one attached hydrogen (secondary N) is 1. The van der Waals surface area contributed by atoms with E-state index in [2.05, 4.69) is 10.3 Å². The number of benzene rings is 1. The van der Waals surface area contributed by atoms with E-state index in [1.807, 2.05) is 17.9 Å². The lowest BCUT2D eigenvalue weighted by atomic mass is 10.2. The number of halogens is 2. The Morgan fingerprint density at radius 1 is 1.41 bits per heavy atom. The monoisotopic (exact) mass is 355 g/mol. The molecule has 4 nitrogen and oxygen atoms in total. The van der Waals surface area contributed by atoms with Crippen molar-refractivity contribution in [3.05, 3.63) is 39.3 Å². The van der Waals surface area contributed by atoms with Gasteiger partial charge in [-0.05, 0) is 19.1 Å². The fourth-order valence-corrected chi connectivity index (χ4v) is 3.51. The number of carbonyl (C=O) groups is 1. The van der Waals surface area contributed by atoms with Gasteiger partial charge in [0.25, 0.3) is 5.91 Å². The zero-order valence-corrected chi connectivity index (χ0v) is 14.3. The largest absolute Gasteiger partial charge is 0.332 e. The maximum absolute atomic E-state index is 12.6. The molecule has 0 spiro atoms. The van der Waals surface area contributed by atoms with E-state index in [0.29, 0.717) is 22.3 Å². The average molecular weight is 356 g/mol. The number of aromatic nitrogens is 1. The van der Waals surface area contributed by atoms with Crippen LogP contribution in [0.5, 0.6) is 0 Å². The van der Waals surface area contributed by atoms with Crippen LogP contribution in [0.3, 0.4) is 0 Å². The van der Waals surface area contributed by atoms with Crippen LogP contribution < -0.4 is 5.32 Å². The summed E-state index contributed by atoms with van der Waals surface area (Å²) in [6, 6.07) is 5.54. The van der Waals surface area contributed by atoms with Gasteiger partial charge >= 0.3 is 0 Å². The summed E-state index contributed by atoms with van der Waals surface area (Å²) in [6.07, 6.45) is 0. The summed E-state index contributed by atoms with van der Waals surface area (Å²) in [6.45, 7) is 4.38. The molecule has 7 heteroatoms. The maximum atomic E-state index is 12.6. The lowest BCUT2D eigenvalue weighted by molar-refractivity contribution is 0.0650. The second-order valence-corrected chi connectivity index (χ2v) is 6.89. The average Bonchev–Trinajstić information content (AvgIpc) is 3.00. The van der Waals surface area contributed by atoms with E-state index in [0.717, 1.165) is 23.7 Å². The van der Waals surface area contributed by atoms with Gasteiger partial charge < -0.3 is 10.2 Å². The summed E-state index contributed by atoms with van der Waals surface area (Å²) in [4.78, 5) is 18.9. The predicted octanol–water partition coefficient (Wildman–Crippen LogP) is 3.55. The van der Waals surface area contributed by atoms with Crippen molar-refractivity contribution in [3.8, 4) is 10.6 Å². The molecule has 1 fully saturated rings. The van der Waals surface area contributed by atoms with Crippen LogP contribution in [0.25, 0.3) is 10.6 Å². The van der Waals surface area contributed by atoms with Crippen molar-refractivity contribution in [1.29, 1.82) is 0 Å². The molecule has 1 aromatic carbocycles. The molecule has 1 saturated heterocycles. The molecule has 0 radical (unpaired) electrons. The number of thiazole rings is 1. The Hall–Kier alpha value is -1.14. The second kappa shape index (κ2) is 6.54. The highest BCUT2D eigenvalue weighted by Gasteiger charge is 2.25. The minimum absolute atomic E-state index is 0.0171. The Balaban J connectivity index is 1.83.